The topological polar surface area (TPSA) is 87.5 Å². The third-order valence-electron chi connectivity index (χ3n) is 4.61. The molecule has 0 fully saturated rings. The number of aryl methyl sites for hydroxylation is 1. The predicted molar refractivity (Wildman–Crippen MR) is 115 cm³/mol. The number of aromatic nitrogens is 1. The zero-order chi connectivity index (χ0) is 21.5. The van der Waals surface area contributed by atoms with Gasteiger partial charge < -0.3 is 20.0 Å². The summed E-state index contributed by atoms with van der Waals surface area (Å²) in [5, 5.41) is 5.73. The van der Waals surface area contributed by atoms with Gasteiger partial charge in [-0.15, -0.1) is 0 Å². The third-order valence-corrected chi connectivity index (χ3v) is 4.61. The van der Waals surface area contributed by atoms with Gasteiger partial charge in [-0.05, 0) is 38.7 Å². The van der Waals surface area contributed by atoms with Gasteiger partial charge in [-0.3, -0.25) is 9.59 Å². The molecule has 0 radical (unpaired) electrons. The molecule has 3 rings (SSSR count). The lowest BCUT2D eigenvalue weighted by molar-refractivity contribution is 0.0939. The van der Waals surface area contributed by atoms with Crippen LogP contribution in [0.25, 0.3) is 11.3 Å². The number of hydrogen-bond donors (Lipinski definition) is 2. The Balaban J connectivity index is 1.57. The number of benzene rings is 2. The van der Waals surface area contributed by atoms with Crippen molar-refractivity contribution in [3.63, 3.8) is 0 Å². The monoisotopic (exact) mass is 406 g/mol. The summed E-state index contributed by atoms with van der Waals surface area (Å²) in [6.07, 6.45) is 1.27. The van der Waals surface area contributed by atoms with Crippen LogP contribution in [-0.2, 0) is 6.54 Å². The maximum absolute atomic E-state index is 12.6. The fraction of sp³-hybridized carbons (Fsp3) is 0.261. The van der Waals surface area contributed by atoms with Gasteiger partial charge in [0.25, 0.3) is 11.8 Å². The number of rotatable bonds is 8. The van der Waals surface area contributed by atoms with Gasteiger partial charge in [0.2, 0.25) is 0 Å². The highest BCUT2D eigenvalue weighted by Gasteiger charge is 2.18. The molecule has 30 heavy (non-hydrogen) atoms. The molecule has 2 aromatic carbocycles. The summed E-state index contributed by atoms with van der Waals surface area (Å²) in [5.41, 5.74) is 3.64. The van der Waals surface area contributed by atoms with E-state index in [1.807, 2.05) is 62.3 Å². The molecule has 0 unspecified atom stereocenters. The van der Waals surface area contributed by atoms with Crippen molar-refractivity contribution in [1.82, 2.24) is 20.5 Å². The third kappa shape index (κ3) is 5.55. The van der Waals surface area contributed by atoms with Gasteiger partial charge in [-0.1, -0.05) is 42.0 Å². The summed E-state index contributed by atoms with van der Waals surface area (Å²) in [5.74, 6) is 0.0137. The fourth-order valence-corrected chi connectivity index (χ4v) is 2.85. The molecule has 1 heterocycles. The number of hydrogen-bond acceptors (Lipinski definition) is 5. The number of carbonyl (C=O) groups excluding carboxylic acids is 2. The molecule has 0 aliphatic heterocycles. The highest BCUT2D eigenvalue weighted by Crippen LogP contribution is 2.23. The minimum absolute atomic E-state index is 0.113. The largest absolute Gasteiger partial charge is 0.443 e. The summed E-state index contributed by atoms with van der Waals surface area (Å²) in [7, 11) is 3.91. The summed E-state index contributed by atoms with van der Waals surface area (Å²) in [6, 6.07) is 14.9. The van der Waals surface area contributed by atoms with Crippen molar-refractivity contribution in [2.24, 2.45) is 0 Å². The zero-order valence-corrected chi connectivity index (χ0v) is 17.4. The molecule has 1 aromatic heterocycles. The van der Waals surface area contributed by atoms with Crippen LogP contribution >= 0.6 is 0 Å². The standard InChI is InChI=1S/C23H26N4O3/c1-16-4-8-18(9-5-16)21-20(26-15-30-21)23(29)25-14-17-6-10-19(11-7-17)22(28)24-12-13-27(2)3/h4-11,15H,12-14H2,1-3H3,(H,24,28)(H,25,29). The molecule has 0 spiro atoms. The Bertz CT molecular complexity index is 992. The number of likely N-dealkylation sites (N-methyl/N-ethyl adjacent to an activating group) is 1. The molecule has 0 atom stereocenters. The Labute approximate surface area is 176 Å². The second kappa shape index (κ2) is 9.84. The number of nitrogens with zero attached hydrogens (tertiary/aromatic N) is 2. The molecule has 0 aliphatic carbocycles. The first kappa shape index (κ1) is 21.3. The van der Waals surface area contributed by atoms with Gasteiger partial charge in [-0.25, -0.2) is 4.98 Å². The second-order valence-corrected chi connectivity index (χ2v) is 7.33. The maximum Gasteiger partial charge on any atom is 0.274 e. The van der Waals surface area contributed by atoms with E-state index in [1.54, 1.807) is 12.1 Å². The quantitative estimate of drug-likeness (QED) is 0.601. The number of amides is 2. The van der Waals surface area contributed by atoms with Gasteiger partial charge in [0.1, 0.15) is 0 Å². The SMILES string of the molecule is Cc1ccc(-c2ocnc2C(=O)NCc2ccc(C(=O)NCCN(C)C)cc2)cc1. The van der Waals surface area contributed by atoms with Crippen molar-refractivity contribution in [3.8, 4) is 11.3 Å². The smallest absolute Gasteiger partial charge is 0.274 e. The van der Waals surface area contributed by atoms with Gasteiger partial charge in [0.15, 0.2) is 17.8 Å². The van der Waals surface area contributed by atoms with Crippen LogP contribution in [0, 0.1) is 6.92 Å². The second-order valence-electron chi connectivity index (χ2n) is 7.33. The van der Waals surface area contributed by atoms with Crippen LogP contribution in [0.2, 0.25) is 0 Å². The highest BCUT2D eigenvalue weighted by atomic mass is 16.3. The van der Waals surface area contributed by atoms with E-state index in [0.29, 0.717) is 24.4 Å². The fourth-order valence-electron chi connectivity index (χ4n) is 2.85. The Kier molecular flexibility index (Phi) is 6.98. The van der Waals surface area contributed by atoms with Gasteiger partial charge in [0.05, 0.1) is 0 Å². The zero-order valence-electron chi connectivity index (χ0n) is 17.4. The predicted octanol–water partition coefficient (Wildman–Crippen LogP) is 2.87. The van der Waals surface area contributed by atoms with Crippen LogP contribution in [0.15, 0.2) is 59.3 Å². The molecular weight excluding hydrogens is 380 g/mol. The van der Waals surface area contributed by atoms with E-state index < -0.39 is 0 Å². The van der Waals surface area contributed by atoms with Crippen LogP contribution in [0.5, 0.6) is 0 Å². The Morgan fingerprint density at radius 2 is 1.67 bits per heavy atom. The van der Waals surface area contributed by atoms with Crippen LogP contribution in [0.3, 0.4) is 0 Å². The van der Waals surface area contributed by atoms with Crippen LogP contribution < -0.4 is 10.6 Å². The average Bonchev–Trinajstić information content (AvgIpc) is 3.22. The molecular formula is C23H26N4O3. The van der Waals surface area contributed by atoms with E-state index in [1.165, 1.54) is 6.39 Å². The summed E-state index contributed by atoms with van der Waals surface area (Å²) < 4.78 is 5.43. The maximum atomic E-state index is 12.6. The lowest BCUT2D eigenvalue weighted by atomic mass is 10.1. The number of nitrogens with one attached hydrogen (secondary N) is 2. The van der Waals surface area contributed by atoms with Crippen molar-refractivity contribution in [1.29, 1.82) is 0 Å². The molecule has 0 saturated carbocycles. The van der Waals surface area contributed by atoms with Gasteiger partial charge in [0, 0.05) is 30.8 Å². The molecule has 0 bridgehead atoms. The van der Waals surface area contributed by atoms with E-state index in [-0.39, 0.29) is 17.5 Å². The first-order valence-electron chi connectivity index (χ1n) is 9.74. The van der Waals surface area contributed by atoms with Crippen LogP contribution in [0.1, 0.15) is 32.0 Å². The highest BCUT2D eigenvalue weighted by molar-refractivity contribution is 5.97. The average molecular weight is 406 g/mol. The van der Waals surface area contributed by atoms with Gasteiger partial charge in [-0.2, -0.15) is 0 Å². The number of oxazole rings is 1. The van der Waals surface area contributed by atoms with E-state index in [0.717, 1.165) is 23.2 Å². The molecule has 2 amide bonds. The summed E-state index contributed by atoms with van der Waals surface area (Å²) in [6.45, 7) is 3.69. The summed E-state index contributed by atoms with van der Waals surface area (Å²) in [4.78, 5) is 30.8. The molecule has 7 nitrogen and oxygen atoms in total. The van der Waals surface area contributed by atoms with Crippen LogP contribution in [-0.4, -0.2) is 48.9 Å². The van der Waals surface area contributed by atoms with Crippen LogP contribution in [0.4, 0.5) is 0 Å². The van der Waals surface area contributed by atoms with Crippen molar-refractivity contribution in [2.45, 2.75) is 13.5 Å². The molecule has 7 heteroatoms. The normalized spacial score (nSPS) is 10.8. The summed E-state index contributed by atoms with van der Waals surface area (Å²) >= 11 is 0. The first-order valence-corrected chi connectivity index (χ1v) is 9.74. The van der Waals surface area contributed by atoms with E-state index in [2.05, 4.69) is 15.6 Å². The molecule has 3 aromatic rings. The minimum Gasteiger partial charge on any atom is -0.443 e. The van der Waals surface area contributed by atoms with Crippen molar-refractivity contribution < 1.29 is 14.0 Å². The van der Waals surface area contributed by atoms with Gasteiger partial charge >= 0.3 is 0 Å². The lowest BCUT2D eigenvalue weighted by Crippen LogP contribution is -2.31. The van der Waals surface area contributed by atoms with E-state index in [9.17, 15) is 9.59 Å². The molecule has 156 valence electrons. The Morgan fingerprint density at radius 3 is 2.33 bits per heavy atom. The lowest BCUT2D eigenvalue weighted by Gasteiger charge is -2.10. The Morgan fingerprint density at radius 1 is 0.967 bits per heavy atom. The number of carbonyl (C=O) groups is 2. The Hall–Kier alpha value is -3.45. The van der Waals surface area contributed by atoms with Crippen molar-refractivity contribution in [3.05, 3.63) is 77.3 Å². The minimum atomic E-state index is -0.315. The van der Waals surface area contributed by atoms with Crippen molar-refractivity contribution in [2.75, 3.05) is 27.2 Å². The van der Waals surface area contributed by atoms with E-state index in [4.69, 9.17) is 4.42 Å². The molecule has 2 N–H and O–H groups in total. The van der Waals surface area contributed by atoms with E-state index >= 15 is 0 Å². The molecule has 0 saturated heterocycles. The molecule has 0 aliphatic rings. The van der Waals surface area contributed by atoms with Crippen molar-refractivity contribution >= 4 is 11.8 Å². The first-order chi connectivity index (χ1) is 14.4.